The lowest BCUT2D eigenvalue weighted by Crippen LogP contribution is -2.48. The van der Waals surface area contributed by atoms with Crippen molar-refractivity contribution in [3.8, 4) is 0 Å². The molecule has 17 heavy (non-hydrogen) atoms. The van der Waals surface area contributed by atoms with Crippen LogP contribution in [-0.4, -0.2) is 48.1 Å². The lowest BCUT2D eigenvalue weighted by Gasteiger charge is -2.30. The molecule has 1 rings (SSSR count). The number of carboxylic acids is 1. The molecule has 0 heterocycles. The SMILES string of the molecule is CC(NC1CCCC(C(=O)O)C1)C(=O)N(C)C. The van der Waals surface area contributed by atoms with Crippen LogP contribution in [-0.2, 0) is 9.59 Å². The Balaban J connectivity index is 2.46. The van der Waals surface area contributed by atoms with Crippen molar-refractivity contribution in [2.24, 2.45) is 5.92 Å². The molecule has 1 saturated carbocycles. The van der Waals surface area contributed by atoms with E-state index in [0.717, 1.165) is 19.3 Å². The largest absolute Gasteiger partial charge is 0.481 e. The number of likely N-dealkylation sites (N-methyl/N-ethyl adjacent to an activating group) is 1. The molecule has 3 atom stereocenters. The molecule has 0 aliphatic heterocycles. The molecule has 0 aromatic heterocycles. The van der Waals surface area contributed by atoms with E-state index in [1.165, 1.54) is 0 Å². The molecule has 3 unspecified atom stereocenters. The summed E-state index contributed by atoms with van der Waals surface area (Å²) in [7, 11) is 3.45. The third-order valence-corrected chi connectivity index (χ3v) is 3.32. The van der Waals surface area contributed by atoms with Gasteiger partial charge in [0.1, 0.15) is 0 Å². The molecular formula is C12H22N2O3. The number of hydrogen-bond donors (Lipinski definition) is 2. The molecule has 1 amide bonds. The van der Waals surface area contributed by atoms with Crippen LogP contribution in [0.1, 0.15) is 32.6 Å². The van der Waals surface area contributed by atoms with Gasteiger partial charge in [-0.05, 0) is 26.2 Å². The Bertz CT molecular complexity index is 291. The van der Waals surface area contributed by atoms with Crippen LogP contribution in [0, 0.1) is 5.92 Å². The second kappa shape index (κ2) is 6.00. The molecule has 0 aromatic rings. The van der Waals surface area contributed by atoms with Crippen molar-refractivity contribution in [2.45, 2.75) is 44.7 Å². The first-order chi connectivity index (χ1) is 7.91. The number of amides is 1. The Morgan fingerprint density at radius 2 is 2.00 bits per heavy atom. The van der Waals surface area contributed by atoms with E-state index >= 15 is 0 Å². The topological polar surface area (TPSA) is 69.6 Å². The Morgan fingerprint density at radius 1 is 1.35 bits per heavy atom. The van der Waals surface area contributed by atoms with Gasteiger partial charge >= 0.3 is 5.97 Å². The second-order valence-corrected chi connectivity index (χ2v) is 5.02. The van der Waals surface area contributed by atoms with Gasteiger partial charge in [0, 0.05) is 20.1 Å². The summed E-state index contributed by atoms with van der Waals surface area (Å²) >= 11 is 0. The minimum Gasteiger partial charge on any atom is -0.481 e. The highest BCUT2D eigenvalue weighted by molar-refractivity contribution is 5.81. The summed E-state index contributed by atoms with van der Waals surface area (Å²) in [6, 6.07) is -0.105. The third kappa shape index (κ3) is 4.00. The monoisotopic (exact) mass is 242 g/mol. The fourth-order valence-corrected chi connectivity index (χ4v) is 2.38. The van der Waals surface area contributed by atoms with Gasteiger partial charge in [0.05, 0.1) is 12.0 Å². The summed E-state index contributed by atoms with van der Waals surface area (Å²) in [5, 5.41) is 12.2. The quantitative estimate of drug-likeness (QED) is 0.761. The van der Waals surface area contributed by atoms with Gasteiger partial charge in [-0.3, -0.25) is 9.59 Å². The van der Waals surface area contributed by atoms with E-state index in [9.17, 15) is 9.59 Å². The molecular weight excluding hydrogens is 220 g/mol. The maximum absolute atomic E-state index is 11.7. The predicted molar refractivity (Wildman–Crippen MR) is 64.7 cm³/mol. The van der Waals surface area contributed by atoms with Gasteiger partial charge < -0.3 is 15.3 Å². The van der Waals surface area contributed by atoms with Gasteiger partial charge in [0.25, 0.3) is 0 Å². The van der Waals surface area contributed by atoms with E-state index < -0.39 is 5.97 Å². The van der Waals surface area contributed by atoms with Crippen LogP contribution in [0.15, 0.2) is 0 Å². The zero-order valence-corrected chi connectivity index (χ0v) is 10.8. The van der Waals surface area contributed by atoms with Crippen LogP contribution in [0.5, 0.6) is 0 Å². The van der Waals surface area contributed by atoms with Crippen LogP contribution in [0.25, 0.3) is 0 Å². The predicted octanol–water partition coefficient (Wildman–Crippen LogP) is 0.696. The van der Waals surface area contributed by atoms with Crippen molar-refractivity contribution in [1.82, 2.24) is 10.2 Å². The van der Waals surface area contributed by atoms with Crippen molar-refractivity contribution < 1.29 is 14.7 Å². The van der Waals surface area contributed by atoms with Gasteiger partial charge in [-0.2, -0.15) is 0 Å². The Morgan fingerprint density at radius 3 is 2.53 bits per heavy atom. The van der Waals surface area contributed by atoms with Gasteiger partial charge in [0.2, 0.25) is 5.91 Å². The normalized spacial score (nSPS) is 26.3. The summed E-state index contributed by atoms with van der Waals surface area (Å²) < 4.78 is 0. The molecule has 0 spiro atoms. The van der Waals surface area contributed by atoms with Gasteiger partial charge in [-0.1, -0.05) is 6.42 Å². The highest BCUT2D eigenvalue weighted by atomic mass is 16.4. The maximum Gasteiger partial charge on any atom is 0.306 e. The summed E-state index contributed by atoms with van der Waals surface area (Å²) in [5.41, 5.74) is 0. The number of rotatable bonds is 4. The summed E-state index contributed by atoms with van der Waals surface area (Å²) in [6.45, 7) is 1.83. The van der Waals surface area contributed by atoms with E-state index in [-0.39, 0.29) is 23.9 Å². The highest BCUT2D eigenvalue weighted by Crippen LogP contribution is 2.24. The summed E-state index contributed by atoms with van der Waals surface area (Å²) in [6.07, 6.45) is 3.25. The average molecular weight is 242 g/mol. The van der Waals surface area contributed by atoms with E-state index in [0.29, 0.717) is 6.42 Å². The van der Waals surface area contributed by atoms with Crippen LogP contribution >= 0.6 is 0 Å². The van der Waals surface area contributed by atoms with E-state index in [1.807, 2.05) is 6.92 Å². The van der Waals surface area contributed by atoms with Crippen LogP contribution < -0.4 is 5.32 Å². The van der Waals surface area contributed by atoms with Gasteiger partial charge in [0.15, 0.2) is 0 Å². The smallest absolute Gasteiger partial charge is 0.306 e. The highest BCUT2D eigenvalue weighted by Gasteiger charge is 2.28. The van der Waals surface area contributed by atoms with E-state index in [2.05, 4.69) is 5.32 Å². The van der Waals surface area contributed by atoms with Crippen LogP contribution in [0.3, 0.4) is 0 Å². The first-order valence-electron chi connectivity index (χ1n) is 6.11. The number of carbonyl (C=O) groups is 2. The van der Waals surface area contributed by atoms with Crippen molar-refractivity contribution in [3.63, 3.8) is 0 Å². The van der Waals surface area contributed by atoms with Gasteiger partial charge in [-0.15, -0.1) is 0 Å². The molecule has 98 valence electrons. The molecule has 1 aliphatic rings. The molecule has 0 aromatic carbocycles. The molecule has 1 fully saturated rings. The number of aliphatic carboxylic acids is 1. The maximum atomic E-state index is 11.7. The zero-order valence-electron chi connectivity index (χ0n) is 10.8. The minimum atomic E-state index is -0.719. The molecule has 0 radical (unpaired) electrons. The van der Waals surface area contributed by atoms with Crippen LogP contribution in [0.4, 0.5) is 0 Å². The number of carboxylic acid groups (broad SMARTS) is 1. The Labute approximate surface area is 102 Å². The number of carbonyl (C=O) groups excluding carboxylic acids is 1. The minimum absolute atomic E-state index is 0.0300. The molecule has 0 bridgehead atoms. The van der Waals surface area contributed by atoms with E-state index in [1.54, 1.807) is 19.0 Å². The van der Waals surface area contributed by atoms with Crippen LogP contribution in [0.2, 0.25) is 0 Å². The number of hydrogen-bond acceptors (Lipinski definition) is 3. The lowest BCUT2D eigenvalue weighted by molar-refractivity contribution is -0.143. The fourth-order valence-electron chi connectivity index (χ4n) is 2.38. The lowest BCUT2D eigenvalue weighted by atomic mass is 9.85. The zero-order chi connectivity index (χ0) is 13.0. The summed E-state index contributed by atoms with van der Waals surface area (Å²) in [4.78, 5) is 24.2. The first-order valence-corrected chi connectivity index (χ1v) is 6.11. The van der Waals surface area contributed by atoms with Gasteiger partial charge in [-0.25, -0.2) is 0 Å². The molecule has 1 aliphatic carbocycles. The Hall–Kier alpha value is -1.10. The molecule has 5 heteroatoms. The third-order valence-electron chi connectivity index (χ3n) is 3.32. The molecule has 0 saturated heterocycles. The van der Waals surface area contributed by atoms with Crippen molar-refractivity contribution in [2.75, 3.05) is 14.1 Å². The standard InChI is InChI=1S/C12H22N2O3/c1-8(11(15)14(2)3)13-10-6-4-5-9(7-10)12(16)17/h8-10,13H,4-7H2,1-3H3,(H,16,17). The number of nitrogens with zero attached hydrogens (tertiary/aromatic N) is 1. The molecule has 2 N–H and O–H groups in total. The first kappa shape index (κ1) is 14.0. The van der Waals surface area contributed by atoms with Crippen molar-refractivity contribution >= 4 is 11.9 Å². The molecule has 5 nitrogen and oxygen atoms in total. The Kier molecular flexibility index (Phi) is 4.93. The average Bonchev–Trinajstić information content (AvgIpc) is 2.28. The second-order valence-electron chi connectivity index (χ2n) is 5.02. The van der Waals surface area contributed by atoms with Crippen molar-refractivity contribution in [3.05, 3.63) is 0 Å². The summed E-state index contributed by atoms with van der Waals surface area (Å²) in [5.74, 6) is -0.951. The van der Waals surface area contributed by atoms with Crippen molar-refractivity contribution in [1.29, 1.82) is 0 Å². The number of nitrogens with one attached hydrogen (secondary N) is 1. The fraction of sp³-hybridized carbons (Fsp3) is 0.833. The van der Waals surface area contributed by atoms with E-state index in [4.69, 9.17) is 5.11 Å².